The fourth-order valence-electron chi connectivity index (χ4n) is 5.35. The van der Waals surface area contributed by atoms with Crippen molar-refractivity contribution in [2.75, 3.05) is 30.8 Å². The number of nitrogen functional groups attached to an aromatic ring is 1. The first kappa shape index (κ1) is 26.3. The van der Waals surface area contributed by atoms with E-state index in [-0.39, 0.29) is 62.3 Å². The Bertz CT molecular complexity index is 1680. The van der Waals surface area contributed by atoms with Crippen LogP contribution in [-0.4, -0.2) is 53.1 Å². The molecule has 0 bridgehead atoms. The molecule has 8 nitrogen and oxygen atoms in total. The molecule has 0 saturated carbocycles. The molecule has 2 aromatic heterocycles. The van der Waals surface area contributed by atoms with E-state index in [4.69, 9.17) is 10.5 Å². The highest BCUT2D eigenvalue weighted by Crippen LogP contribution is 2.43. The van der Waals surface area contributed by atoms with E-state index in [0.717, 1.165) is 11.3 Å². The lowest BCUT2D eigenvalue weighted by molar-refractivity contribution is -0.126. The topological polar surface area (TPSA) is 108 Å². The van der Waals surface area contributed by atoms with Gasteiger partial charge in [-0.3, -0.25) is 4.79 Å². The van der Waals surface area contributed by atoms with Crippen molar-refractivity contribution < 1.29 is 18.3 Å². The van der Waals surface area contributed by atoms with E-state index in [2.05, 4.69) is 16.5 Å². The van der Waals surface area contributed by atoms with Crippen LogP contribution >= 0.6 is 11.3 Å². The van der Waals surface area contributed by atoms with Crippen LogP contribution in [0.2, 0.25) is 0 Å². The maximum atomic E-state index is 16.3. The van der Waals surface area contributed by atoms with Crippen LogP contribution in [0.25, 0.3) is 32.1 Å². The molecule has 0 aliphatic carbocycles. The molecule has 0 unspecified atom stereocenters. The van der Waals surface area contributed by atoms with E-state index in [1.807, 2.05) is 24.9 Å². The number of aromatic nitrogens is 2. The molecule has 1 saturated heterocycles. The molecule has 200 valence electrons. The first-order valence-electron chi connectivity index (χ1n) is 12.4. The van der Waals surface area contributed by atoms with Crippen molar-refractivity contribution in [2.24, 2.45) is 0 Å². The predicted molar refractivity (Wildman–Crippen MR) is 149 cm³/mol. The molecule has 5 rings (SSSR count). The Morgan fingerprint density at radius 2 is 2.08 bits per heavy atom. The number of likely N-dealkylation sites (tertiary alicyclic amines) is 1. The van der Waals surface area contributed by atoms with Crippen LogP contribution in [0.15, 0.2) is 36.9 Å². The molecule has 3 heterocycles. The number of amides is 1. The van der Waals surface area contributed by atoms with E-state index in [1.165, 1.54) is 18.2 Å². The van der Waals surface area contributed by atoms with Gasteiger partial charge in [0.2, 0.25) is 5.91 Å². The van der Waals surface area contributed by atoms with Gasteiger partial charge in [0.15, 0.2) is 5.82 Å². The van der Waals surface area contributed by atoms with Gasteiger partial charge < -0.3 is 20.3 Å². The molecule has 1 aliphatic rings. The van der Waals surface area contributed by atoms with Gasteiger partial charge in [-0.2, -0.15) is 15.2 Å². The highest BCUT2D eigenvalue weighted by molar-refractivity contribution is 7.23. The van der Waals surface area contributed by atoms with E-state index in [1.54, 1.807) is 24.0 Å². The van der Waals surface area contributed by atoms with Crippen molar-refractivity contribution in [3.8, 4) is 23.2 Å². The molecule has 2 aromatic carbocycles. The third-order valence-corrected chi connectivity index (χ3v) is 8.29. The van der Waals surface area contributed by atoms with Gasteiger partial charge in [-0.1, -0.05) is 18.7 Å². The minimum absolute atomic E-state index is 0.00863. The second-order valence-electron chi connectivity index (χ2n) is 9.28. The smallest absolute Gasteiger partial charge is 0.319 e. The summed E-state index contributed by atoms with van der Waals surface area (Å²) in [7, 11) is 1.85. The summed E-state index contributed by atoms with van der Waals surface area (Å²) in [5.41, 5.74) is 6.60. The Morgan fingerprint density at radius 3 is 2.77 bits per heavy atom. The maximum Gasteiger partial charge on any atom is 0.319 e. The number of ether oxygens (including phenoxy) is 1. The monoisotopic (exact) mass is 548 g/mol. The molecular weight excluding hydrogens is 522 g/mol. The Kier molecular flexibility index (Phi) is 6.82. The van der Waals surface area contributed by atoms with Gasteiger partial charge in [-0.05, 0) is 44.0 Å². The minimum atomic E-state index is -0.657. The molecule has 0 spiro atoms. The zero-order chi connectivity index (χ0) is 28.0. The van der Waals surface area contributed by atoms with Crippen molar-refractivity contribution in [1.29, 1.82) is 5.26 Å². The van der Waals surface area contributed by atoms with Gasteiger partial charge in [-0.15, -0.1) is 11.3 Å². The Labute approximate surface area is 227 Å². The molecule has 1 fully saturated rings. The Morgan fingerprint density at radius 1 is 1.33 bits per heavy atom. The SMILES string of the molecule is C=CC(=O)N1CC[C@@H](N(C)c2nc(OCC)nc3c(F)c(-c4ccc(F)c5sc(N)c(C#N)c45)ccc23)[C@H]1C. The summed E-state index contributed by atoms with van der Waals surface area (Å²) in [5.74, 6) is -0.879. The molecule has 0 radical (unpaired) electrons. The Hall–Kier alpha value is -4.30. The summed E-state index contributed by atoms with van der Waals surface area (Å²) >= 11 is 0.953. The molecular formula is C28H26F2N6O2S. The third kappa shape index (κ3) is 4.21. The van der Waals surface area contributed by atoms with E-state index in [0.29, 0.717) is 29.7 Å². The highest BCUT2D eigenvalue weighted by Gasteiger charge is 2.36. The van der Waals surface area contributed by atoms with Crippen LogP contribution in [0.1, 0.15) is 25.8 Å². The summed E-state index contributed by atoms with van der Waals surface area (Å²) in [6.07, 6.45) is 1.99. The Balaban J connectivity index is 1.69. The lowest BCUT2D eigenvalue weighted by atomic mass is 9.97. The molecule has 2 N–H and O–H groups in total. The first-order valence-corrected chi connectivity index (χ1v) is 13.2. The summed E-state index contributed by atoms with van der Waals surface area (Å²) in [6.45, 7) is 8.16. The fourth-order valence-corrected chi connectivity index (χ4v) is 6.30. The summed E-state index contributed by atoms with van der Waals surface area (Å²) in [6, 6.07) is 7.77. The van der Waals surface area contributed by atoms with Crippen molar-refractivity contribution in [3.05, 3.63) is 54.1 Å². The predicted octanol–water partition coefficient (Wildman–Crippen LogP) is 5.25. The second-order valence-corrected chi connectivity index (χ2v) is 10.3. The number of likely N-dealkylation sites (N-methyl/N-ethyl adjacent to an activating group) is 1. The molecule has 4 aromatic rings. The molecule has 1 aliphatic heterocycles. The second kappa shape index (κ2) is 10.1. The average molecular weight is 549 g/mol. The molecule has 11 heteroatoms. The number of nitrogens with zero attached hydrogens (tertiary/aromatic N) is 5. The number of thiophene rings is 1. The number of rotatable bonds is 6. The average Bonchev–Trinajstić information content (AvgIpc) is 3.48. The molecule has 39 heavy (non-hydrogen) atoms. The standard InChI is InChI=1S/C28H26F2N6O2S/c1-5-21(37)36-12-11-20(14(36)3)35(4)27-17-8-7-16(23(30)24(17)33-28(34-27)38-6-2)15-9-10-19(29)25-22(15)18(13-31)26(32)39-25/h5,7-10,14,20H,1,6,11-12,32H2,2-4H3/t14-,20-/m1/s1. The number of nitriles is 1. The van der Waals surface area contributed by atoms with Crippen LogP contribution in [-0.2, 0) is 4.79 Å². The van der Waals surface area contributed by atoms with Crippen LogP contribution in [0.3, 0.4) is 0 Å². The summed E-state index contributed by atoms with van der Waals surface area (Å²) < 4.78 is 36.7. The maximum absolute atomic E-state index is 16.3. The molecule has 2 atom stereocenters. The van der Waals surface area contributed by atoms with Gasteiger partial charge in [0.25, 0.3) is 0 Å². The van der Waals surface area contributed by atoms with Gasteiger partial charge in [0.05, 0.1) is 22.9 Å². The van der Waals surface area contributed by atoms with Crippen molar-refractivity contribution in [1.82, 2.24) is 14.9 Å². The van der Waals surface area contributed by atoms with Crippen molar-refractivity contribution in [2.45, 2.75) is 32.4 Å². The van der Waals surface area contributed by atoms with E-state index in [9.17, 15) is 14.4 Å². The van der Waals surface area contributed by atoms with Crippen LogP contribution in [0.4, 0.5) is 19.6 Å². The zero-order valence-electron chi connectivity index (χ0n) is 21.7. The largest absolute Gasteiger partial charge is 0.464 e. The van der Waals surface area contributed by atoms with Crippen molar-refractivity contribution in [3.63, 3.8) is 0 Å². The van der Waals surface area contributed by atoms with Gasteiger partial charge >= 0.3 is 6.01 Å². The van der Waals surface area contributed by atoms with E-state index < -0.39 is 11.6 Å². The lowest BCUT2D eigenvalue weighted by Gasteiger charge is -2.32. The summed E-state index contributed by atoms with van der Waals surface area (Å²) in [4.78, 5) is 24.9. The number of benzene rings is 2. The number of anilines is 2. The van der Waals surface area contributed by atoms with E-state index >= 15 is 4.39 Å². The number of halogens is 2. The number of nitrogens with two attached hydrogens (primary N) is 1. The van der Waals surface area contributed by atoms with Gasteiger partial charge in [0, 0.05) is 36.0 Å². The van der Waals surface area contributed by atoms with Crippen LogP contribution < -0.4 is 15.4 Å². The molecule has 1 amide bonds. The number of hydrogen-bond donors (Lipinski definition) is 1. The van der Waals surface area contributed by atoms with Gasteiger partial charge in [-0.25, -0.2) is 8.78 Å². The third-order valence-electron chi connectivity index (χ3n) is 7.26. The highest BCUT2D eigenvalue weighted by atomic mass is 32.1. The zero-order valence-corrected chi connectivity index (χ0v) is 22.5. The normalized spacial score (nSPS) is 17.0. The minimum Gasteiger partial charge on any atom is -0.464 e. The number of carbonyl (C=O) groups is 1. The first-order chi connectivity index (χ1) is 18.7. The van der Waals surface area contributed by atoms with Crippen LogP contribution in [0.5, 0.6) is 6.01 Å². The number of fused-ring (bicyclic) bond motifs is 2. The quantitative estimate of drug-likeness (QED) is 0.328. The van der Waals surface area contributed by atoms with Gasteiger partial charge in [0.1, 0.15) is 28.2 Å². The number of hydrogen-bond acceptors (Lipinski definition) is 8. The van der Waals surface area contributed by atoms with Crippen molar-refractivity contribution >= 4 is 49.1 Å². The fraction of sp³-hybridized carbons (Fsp3) is 0.286. The number of carbonyl (C=O) groups excluding carboxylic acids is 1. The van der Waals surface area contributed by atoms with Crippen LogP contribution in [0, 0.1) is 23.0 Å². The summed E-state index contributed by atoms with van der Waals surface area (Å²) in [5, 5.41) is 10.6. The lowest BCUT2D eigenvalue weighted by Crippen LogP contribution is -2.43.